The number of pyridine rings is 1. The highest BCUT2D eigenvalue weighted by Gasteiger charge is 2.19. The molecule has 0 aromatic carbocycles. The van der Waals surface area contributed by atoms with E-state index < -0.39 is 0 Å². The molecule has 0 unspecified atom stereocenters. The Labute approximate surface area is 116 Å². The summed E-state index contributed by atoms with van der Waals surface area (Å²) in [5, 5.41) is 3.14. The standard InChI is InChI=1S/C15H25N3O/c1-16-10-14-4-3-5-15(17-14)11-18-8-6-13(7-9-18)12-19-2/h3-5,13,16H,6-12H2,1-2H3. The fourth-order valence-electron chi connectivity index (χ4n) is 2.67. The molecule has 0 saturated carbocycles. The number of nitrogens with one attached hydrogen (secondary N) is 1. The number of aromatic nitrogens is 1. The van der Waals surface area contributed by atoms with Gasteiger partial charge in [0.2, 0.25) is 0 Å². The Balaban J connectivity index is 1.83. The van der Waals surface area contributed by atoms with Gasteiger partial charge in [-0.1, -0.05) is 6.07 Å². The van der Waals surface area contributed by atoms with Crippen molar-refractivity contribution in [2.45, 2.75) is 25.9 Å². The minimum Gasteiger partial charge on any atom is -0.384 e. The van der Waals surface area contributed by atoms with Crippen molar-refractivity contribution < 1.29 is 4.74 Å². The lowest BCUT2D eigenvalue weighted by atomic mass is 9.98. The normalized spacial score (nSPS) is 17.8. The van der Waals surface area contributed by atoms with Crippen LogP contribution in [-0.4, -0.2) is 43.7 Å². The molecule has 2 rings (SSSR count). The smallest absolute Gasteiger partial charge is 0.0547 e. The molecule has 2 heterocycles. The molecule has 4 heteroatoms. The molecular formula is C15H25N3O. The Kier molecular flexibility index (Phi) is 5.76. The molecule has 0 amide bonds. The number of rotatable bonds is 6. The zero-order valence-electron chi connectivity index (χ0n) is 12.1. The fourth-order valence-corrected chi connectivity index (χ4v) is 2.67. The predicted molar refractivity (Wildman–Crippen MR) is 76.9 cm³/mol. The van der Waals surface area contributed by atoms with E-state index in [-0.39, 0.29) is 0 Å². The average molecular weight is 263 g/mol. The maximum absolute atomic E-state index is 5.24. The summed E-state index contributed by atoms with van der Waals surface area (Å²) in [5.41, 5.74) is 2.30. The van der Waals surface area contributed by atoms with Crippen LogP contribution in [0.1, 0.15) is 24.2 Å². The number of hydrogen-bond acceptors (Lipinski definition) is 4. The Morgan fingerprint density at radius 3 is 2.74 bits per heavy atom. The molecule has 0 spiro atoms. The first-order valence-electron chi connectivity index (χ1n) is 7.12. The second-order valence-corrected chi connectivity index (χ2v) is 5.33. The number of likely N-dealkylation sites (tertiary alicyclic amines) is 1. The highest BCUT2D eigenvalue weighted by Crippen LogP contribution is 2.18. The van der Waals surface area contributed by atoms with Gasteiger partial charge in [-0.05, 0) is 51.0 Å². The van der Waals surface area contributed by atoms with E-state index in [0.29, 0.717) is 0 Å². The lowest BCUT2D eigenvalue weighted by molar-refractivity contribution is 0.0963. The van der Waals surface area contributed by atoms with Crippen molar-refractivity contribution >= 4 is 0 Å². The van der Waals surface area contributed by atoms with Crippen molar-refractivity contribution in [1.29, 1.82) is 0 Å². The van der Waals surface area contributed by atoms with E-state index in [1.54, 1.807) is 7.11 Å². The van der Waals surface area contributed by atoms with Gasteiger partial charge < -0.3 is 10.1 Å². The van der Waals surface area contributed by atoms with Gasteiger partial charge in [0.15, 0.2) is 0 Å². The lowest BCUT2D eigenvalue weighted by Crippen LogP contribution is -2.34. The Hall–Kier alpha value is -0.970. The molecule has 106 valence electrons. The van der Waals surface area contributed by atoms with Gasteiger partial charge in [0, 0.05) is 26.8 Å². The van der Waals surface area contributed by atoms with E-state index >= 15 is 0 Å². The lowest BCUT2D eigenvalue weighted by Gasteiger charge is -2.31. The first-order valence-corrected chi connectivity index (χ1v) is 7.12. The van der Waals surface area contributed by atoms with Crippen molar-refractivity contribution in [2.75, 3.05) is 33.9 Å². The quantitative estimate of drug-likeness (QED) is 0.847. The van der Waals surface area contributed by atoms with Crippen LogP contribution in [-0.2, 0) is 17.8 Å². The largest absolute Gasteiger partial charge is 0.384 e. The minimum atomic E-state index is 0.741. The molecule has 1 aliphatic rings. The number of nitrogens with zero attached hydrogens (tertiary/aromatic N) is 2. The Bertz CT molecular complexity index is 375. The molecule has 1 aliphatic heterocycles. The number of hydrogen-bond donors (Lipinski definition) is 1. The van der Waals surface area contributed by atoms with Gasteiger partial charge in [-0.25, -0.2) is 0 Å². The topological polar surface area (TPSA) is 37.4 Å². The molecule has 0 bridgehead atoms. The molecule has 1 N–H and O–H groups in total. The maximum atomic E-state index is 5.24. The third-order valence-corrected chi connectivity index (χ3v) is 3.72. The summed E-state index contributed by atoms with van der Waals surface area (Å²) < 4.78 is 5.24. The molecule has 4 nitrogen and oxygen atoms in total. The van der Waals surface area contributed by atoms with Crippen LogP contribution >= 0.6 is 0 Å². The van der Waals surface area contributed by atoms with E-state index in [1.165, 1.54) is 18.5 Å². The zero-order valence-corrected chi connectivity index (χ0v) is 12.1. The monoisotopic (exact) mass is 263 g/mol. The SMILES string of the molecule is CNCc1cccc(CN2CCC(COC)CC2)n1. The van der Waals surface area contributed by atoms with Crippen LogP contribution in [0.5, 0.6) is 0 Å². The van der Waals surface area contributed by atoms with Crippen molar-refractivity contribution in [3.63, 3.8) is 0 Å². The number of methoxy groups -OCH3 is 1. The molecule has 0 atom stereocenters. The summed E-state index contributed by atoms with van der Waals surface area (Å²) in [7, 11) is 3.75. The third kappa shape index (κ3) is 4.56. The van der Waals surface area contributed by atoms with Crippen LogP contribution in [0.3, 0.4) is 0 Å². The van der Waals surface area contributed by atoms with Crippen molar-refractivity contribution in [3.05, 3.63) is 29.6 Å². The maximum Gasteiger partial charge on any atom is 0.0547 e. The Morgan fingerprint density at radius 2 is 2.05 bits per heavy atom. The highest BCUT2D eigenvalue weighted by molar-refractivity contribution is 5.11. The van der Waals surface area contributed by atoms with Gasteiger partial charge in [0.05, 0.1) is 11.4 Å². The molecule has 0 radical (unpaired) electrons. The van der Waals surface area contributed by atoms with E-state index in [9.17, 15) is 0 Å². The molecule has 1 fully saturated rings. The summed E-state index contributed by atoms with van der Waals surface area (Å²) in [4.78, 5) is 7.18. The molecule has 1 aromatic heterocycles. The van der Waals surface area contributed by atoms with Crippen molar-refractivity contribution in [3.8, 4) is 0 Å². The van der Waals surface area contributed by atoms with E-state index in [4.69, 9.17) is 4.74 Å². The summed E-state index contributed by atoms with van der Waals surface area (Å²) >= 11 is 0. The van der Waals surface area contributed by atoms with Crippen LogP contribution in [0.25, 0.3) is 0 Å². The fraction of sp³-hybridized carbons (Fsp3) is 0.667. The van der Waals surface area contributed by atoms with Crippen LogP contribution in [0.2, 0.25) is 0 Å². The van der Waals surface area contributed by atoms with Gasteiger partial charge in [0.25, 0.3) is 0 Å². The predicted octanol–water partition coefficient (Wildman–Crippen LogP) is 1.66. The number of ether oxygens (including phenoxy) is 1. The van der Waals surface area contributed by atoms with Gasteiger partial charge >= 0.3 is 0 Å². The molecule has 1 saturated heterocycles. The third-order valence-electron chi connectivity index (χ3n) is 3.72. The van der Waals surface area contributed by atoms with Crippen LogP contribution in [0, 0.1) is 5.92 Å². The summed E-state index contributed by atoms with van der Waals surface area (Å²) in [6.45, 7) is 5.03. The molecule has 1 aromatic rings. The van der Waals surface area contributed by atoms with Crippen LogP contribution < -0.4 is 5.32 Å². The average Bonchev–Trinajstić information content (AvgIpc) is 2.42. The molecular weight excluding hydrogens is 238 g/mol. The molecule has 0 aliphatic carbocycles. The van der Waals surface area contributed by atoms with E-state index in [1.807, 2.05) is 7.05 Å². The van der Waals surface area contributed by atoms with Crippen LogP contribution in [0.15, 0.2) is 18.2 Å². The van der Waals surface area contributed by atoms with Gasteiger partial charge in [-0.15, -0.1) is 0 Å². The highest BCUT2D eigenvalue weighted by atomic mass is 16.5. The second kappa shape index (κ2) is 7.58. The second-order valence-electron chi connectivity index (χ2n) is 5.33. The van der Waals surface area contributed by atoms with Crippen molar-refractivity contribution in [1.82, 2.24) is 15.2 Å². The first-order chi connectivity index (χ1) is 9.31. The Morgan fingerprint density at radius 1 is 1.32 bits per heavy atom. The van der Waals surface area contributed by atoms with Gasteiger partial charge in [-0.3, -0.25) is 9.88 Å². The van der Waals surface area contributed by atoms with Gasteiger partial charge in [0.1, 0.15) is 0 Å². The zero-order chi connectivity index (χ0) is 13.5. The number of piperidine rings is 1. The molecule has 19 heavy (non-hydrogen) atoms. The summed E-state index contributed by atoms with van der Waals surface area (Å²) in [6, 6.07) is 6.30. The summed E-state index contributed by atoms with van der Waals surface area (Å²) in [5.74, 6) is 0.741. The van der Waals surface area contributed by atoms with Crippen molar-refractivity contribution in [2.24, 2.45) is 5.92 Å². The first kappa shape index (κ1) is 14.4. The van der Waals surface area contributed by atoms with Crippen LogP contribution in [0.4, 0.5) is 0 Å². The van der Waals surface area contributed by atoms with Gasteiger partial charge in [-0.2, -0.15) is 0 Å². The van der Waals surface area contributed by atoms with E-state index in [0.717, 1.165) is 44.4 Å². The minimum absolute atomic E-state index is 0.741. The van der Waals surface area contributed by atoms with E-state index in [2.05, 4.69) is 33.4 Å². The summed E-state index contributed by atoms with van der Waals surface area (Å²) in [6.07, 6.45) is 2.48.